The molecular weight excluding hydrogens is 146 g/mol. The minimum absolute atomic E-state index is 0.250. The van der Waals surface area contributed by atoms with Crippen LogP contribution in [0.3, 0.4) is 0 Å². The van der Waals surface area contributed by atoms with Gasteiger partial charge >= 0.3 is 5.97 Å². The molecule has 4 nitrogen and oxygen atoms in total. The van der Waals surface area contributed by atoms with Crippen LogP contribution in [-0.2, 0) is 9.59 Å². The zero-order valence-electron chi connectivity index (χ0n) is 6.97. The topological polar surface area (TPSA) is 66.4 Å². The molecule has 0 fully saturated rings. The molecule has 0 aromatic heterocycles. The predicted octanol–water partition coefficient (Wildman–Crippen LogP) is 0.233. The van der Waals surface area contributed by atoms with E-state index in [1.54, 1.807) is 20.8 Å². The normalized spacial score (nSPS) is 10.8. The number of carboxylic acids is 1. The van der Waals surface area contributed by atoms with Gasteiger partial charge < -0.3 is 10.4 Å². The Morgan fingerprint density at radius 3 is 2.09 bits per heavy atom. The third kappa shape index (κ3) is 4.36. The molecule has 0 aliphatic rings. The molecule has 11 heavy (non-hydrogen) atoms. The Morgan fingerprint density at radius 2 is 1.82 bits per heavy atom. The van der Waals surface area contributed by atoms with Crippen molar-refractivity contribution in [1.82, 2.24) is 5.32 Å². The lowest BCUT2D eigenvalue weighted by Gasteiger charge is -2.16. The van der Waals surface area contributed by atoms with Gasteiger partial charge in [-0.1, -0.05) is 20.8 Å². The predicted molar refractivity (Wildman–Crippen MR) is 40.1 cm³/mol. The molecule has 0 aromatic carbocycles. The van der Waals surface area contributed by atoms with Gasteiger partial charge in [-0.2, -0.15) is 0 Å². The highest BCUT2D eigenvalue weighted by Gasteiger charge is 2.20. The van der Waals surface area contributed by atoms with Crippen LogP contribution in [0.15, 0.2) is 0 Å². The number of hydrogen-bond donors (Lipinski definition) is 2. The second-order valence-corrected chi connectivity index (χ2v) is 3.33. The van der Waals surface area contributed by atoms with Crippen LogP contribution in [-0.4, -0.2) is 23.5 Å². The molecule has 0 radical (unpaired) electrons. The lowest BCUT2D eigenvalue weighted by Crippen LogP contribution is -2.37. The maximum absolute atomic E-state index is 11.0. The van der Waals surface area contributed by atoms with Gasteiger partial charge in [0.2, 0.25) is 5.91 Å². The summed E-state index contributed by atoms with van der Waals surface area (Å²) in [6.45, 7) is 4.87. The van der Waals surface area contributed by atoms with E-state index in [2.05, 4.69) is 5.32 Å². The fourth-order valence-corrected chi connectivity index (χ4v) is 0.421. The first kappa shape index (κ1) is 9.94. The Labute approximate surface area is 65.6 Å². The van der Waals surface area contributed by atoms with Gasteiger partial charge in [0, 0.05) is 5.41 Å². The van der Waals surface area contributed by atoms with Crippen LogP contribution in [0.2, 0.25) is 0 Å². The Morgan fingerprint density at radius 1 is 1.36 bits per heavy atom. The smallest absolute Gasteiger partial charge is 0.322 e. The fraction of sp³-hybridized carbons (Fsp3) is 0.714. The monoisotopic (exact) mass is 159 g/mol. The number of amides is 1. The van der Waals surface area contributed by atoms with Crippen molar-refractivity contribution in [1.29, 1.82) is 0 Å². The van der Waals surface area contributed by atoms with Crippen LogP contribution in [0.25, 0.3) is 0 Å². The van der Waals surface area contributed by atoms with Gasteiger partial charge in [-0.15, -0.1) is 0 Å². The molecule has 0 bridgehead atoms. The van der Waals surface area contributed by atoms with Crippen LogP contribution in [0.4, 0.5) is 0 Å². The molecular formula is C7H13NO3. The molecule has 2 N–H and O–H groups in total. The first-order valence-electron chi connectivity index (χ1n) is 3.34. The fourth-order valence-electron chi connectivity index (χ4n) is 0.421. The van der Waals surface area contributed by atoms with Crippen molar-refractivity contribution in [2.75, 3.05) is 6.54 Å². The van der Waals surface area contributed by atoms with Crippen molar-refractivity contribution in [3.8, 4) is 0 Å². The van der Waals surface area contributed by atoms with Crippen molar-refractivity contribution in [2.45, 2.75) is 20.8 Å². The molecule has 0 saturated heterocycles. The summed E-state index contributed by atoms with van der Waals surface area (Å²) in [7, 11) is 0. The molecule has 0 rings (SSSR count). The van der Waals surface area contributed by atoms with Crippen LogP contribution >= 0.6 is 0 Å². The Balaban J connectivity index is 3.80. The quantitative estimate of drug-likeness (QED) is 0.606. The highest BCUT2D eigenvalue weighted by atomic mass is 16.4. The minimum atomic E-state index is -1.03. The lowest BCUT2D eigenvalue weighted by molar-refractivity contribution is -0.139. The van der Waals surface area contributed by atoms with Gasteiger partial charge in [-0.25, -0.2) is 0 Å². The molecule has 64 valence electrons. The van der Waals surface area contributed by atoms with E-state index in [0.29, 0.717) is 0 Å². The zero-order valence-corrected chi connectivity index (χ0v) is 6.97. The molecule has 1 amide bonds. The van der Waals surface area contributed by atoms with E-state index < -0.39 is 11.4 Å². The first-order valence-corrected chi connectivity index (χ1v) is 3.34. The van der Waals surface area contributed by atoms with Gasteiger partial charge in [0.05, 0.1) is 0 Å². The van der Waals surface area contributed by atoms with E-state index in [-0.39, 0.29) is 12.5 Å². The number of aliphatic carboxylic acids is 1. The molecule has 0 aromatic rings. The highest BCUT2D eigenvalue weighted by molar-refractivity contribution is 5.84. The average molecular weight is 159 g/mol. The molecule has 0 heterocycles. The van der Waals surface area contributed by atoms with E-state index in [4.69, 9.17) is 5.11 Å². The summed E-state index contributed by atoms with van der Waals surface area (Å²) in [4.78, 5) is 21.0. The molecule has 0 saturated carbocycles. The summed E-state index contributed by atoms with van der Waals surface area (Å²) in [6.07, 6.45) is 0. The second-order valence-electron chi connectivity index (χ2n) is 3.33. The third-order valence-corrected chi connectivity index (χ3v) is 1.08. The molecule has 0 aliphatic heterocycles. The average Bonchev–Trinajstić information content (AvgIpc) is 1.80. The van der Waals surface area contributed by atoms with Gasteiger partial charge in [0.15, 0.2) is 0 Å². The van der Waals surface area contributed by atoms with Crippen LogP contribution in [0.5, 0.6) is 0 Å². The lowest BCUT2D eigenvalue weighted by atomic mass is 9.96. The molecule has 4 heteroatoms. The van der Waals surface area contributed by atoms with Crippen LogP contribution in [0, 0.1) is 5.41 Å². The number of nitrogens with one attached hydrogen (secondary N) is 1. The number of carbonyl (C=O) groups excluding carboxylic acids is 1. The van der Waals surface area contributed by atoms with Crippen molar-refractivity contribution < 1.29 is 14.7 Å². The summed E-state index contributed by atoms with van der Waals surface area (Å²) < 4.78 is 0. The number of rotatable bonds is 2. The van der Waals surface area contributed by atoms with E-state index >= 15 is 0 Å². The molecule has 0 atom stereocenters. The van der Waals surface area contributed by atoms with E-state index in [1.807, 2.05) is 0 Å². The van der Waals surface area contributed by atoms with Crippen molar-refractivity contribution >= 4 is 11.9 Å². The van der Waals surface area contributed by atoms with Gasteiger partial charge in [-0.05, 0) is 0 Å². The summed E-state index contributed by atoms with van der Waals surface area (Å²) >= 11 is 0. The van der Waals surface area contributed by atoms with Crippen molar-refractivity contribution in [3.63, 3.8) is 0 Å². The van der Waals surface area contributed by atoms with Gasteiger partial charge in [-0.3, -0.25) is 9.59 Å². The minimum Gasteiger partial charge on any atom is -0.480 e. The van der Waals surface area contributed by atoms with Gasteiger partial charge in [0.1, 0.15) is 6.54 Å². The van der Waals surface area contributed by atoms with E-state index in [0.717, 1.165) is 0 Å². The van der Waals surface area contributed by atoms with Crippen molar-refractivity contribution in [3.05, 3.63) is 0 Å². The SMILES string of the molecule is CC(C)(C)C(=O)NCC(=O)O. The third-order valence-electron chi connectivity index (χ3n) is 1.08. The van der Waals surface area contributed by atoms with Crippen LogP contribution in [0.1, 0.15) is 20.8 Å². The highest BCUT2D eigenvalue weighted by Crippen LogP contribution is 2.11. The molecule has 0 spiro atoms. The second kappa shape index (κ2) is 3.37. The number of carboxylic acid groups (broad SMARTS) is 1. The summed E-state index contributed by atoms with van der Waals surface area (Å²) in [5.41, 5.74) is -0.518. The van der Waals surface area contributed by atoms with E-state index in [9.17, 15) is 9.59 Å². The largest absolute Gasteiger partial charge is 0.480 e. The van der Waals surface area contributed by atoms with Gasteiger partial charge in [0.25, 0.3) is 0 Å². The Kier molecular flexibility index (Phi) is 3.04. The number of hydrogen-bond acceptors (Lipinski definition) is 2. The van der Waals surface area contributed by atoms with Crippen molar-refractivity contribution in [2.24, 2.45) is 5.41 Å². The number of carbonyl (C=O) groups is 2. The van der Waals surface area contributed by atoms with E-state index in [1.165, 1.54) is 0 Å². The molecule has 0 aliphatic carbocycles. The summed E-state index contributed by atoms with van der Waals surface area (Å²) in [5.74, 6) is -1.28. The summed E-state index contributed by atoms with van der Waals surface area (Å²) in [5, 5.41) is 10.5. The van der Waals surface area contributed by atoms with Crippen LogP contribution < -0.4 is 5.32 Å². The summed E-state index contributed by atoms with van der Waals surface area (Å²) in [6, 6.07) is 0. The zero-order chi connectivity index (χ0) is 9.07. The molecule has 0 unspecified atom stereocenters. The first-order chi connectivity index (χ1) is 4.84. The maximum atomic E-state index is 11.0. The Bertz CT molecular complexity index is 169. The Hall–Kier alpha value is -1.06. The maximum Gasteiger partial charge on any atom is 0.322 e. The standard InChI is InChI=1S/C7H13NO3/c1-7(2,3)6(11)8-4-5(9)10/h4H2,1-3H3,(H,8,11)(H,9,10).